The second-order valence-corrected chi connectivity index (χ2v) is 3.20. The number of nitrogens with one attached hydrogen (secondary N) is 2. The summed E-state index contributed by atoms with van der Waals surface area (Å²) in [5, 5.41) is 0. The van der Waals surface area contributed by atoms with Gasteiger partial charge in [-0.2, -0.15) is 0 Å². The van der Waals surface area contributed by atoms with Gasteiger partial charge in [0.05, 0.1) is 5.52 Å². The first-order chi connectivity index (χ1) is 6.58. The van der Waals surface area contributed by atoms with E-state index in [1.807, 2.05) is 13.8 Å². The predicted octanol–water partition coefficient (Wildman–Crippen LogP) is 0.228. The molecular weight excluding hydrogens is 182 g/mol. The molecule has 2 N–H and O–H groups in total. The predicted molar refractivity (Wildman–Crippen MR) is 52.5 cm³/mol. The molecule has 0 saturated carbocycles. The van der Waals surface area contributed by atoms with E-state index in [0.29, 0.717) is 5.52 Å². The third kappa shape index (κ3) is 1.22. The standard InChI is InChI=1S/C9H9N3O2/c1-4-3-6-7(10-5(4)2)8(13)12-9(14)11-6/h3H,1-2H3,(H2,11,12,13,14). The van der Waals surface area contributed by atoms with Crippen molar-refractivity contribution < 1.29 is 0 Å². The summed E-state index contributed by atoms with van der Waals surface area (Å²) in [4.78, 5) is 31.0. The van der Waals surface area contributed by atoms with Gasteiger partial charge in [0.1, 0.15) is 0 Å². The second kappa shape index (κ2) is 2.80. The highest BCUT2D eigenvalue weighted by Crippen LogP contribution is 2.08. The van der Waals surface area contributed by atoms with E-state index in [0.717, 1.165) is 11.3 Å². The monoisotopic (exact) mass is 191 g/mol. The van der Waals surface area contributed by atoms with Crippen LogP contribution in [0.5, 0.6) is 0 Å². The van der Waals surface area contributed by atoms with Crippen molar-refractivity contribution in [3.05, 3.63) is 38.2 Å². The fourth-order valence-corrected chi connectivity index (χ4v) is 1.29. The summed E-state index contributed by atoms with van der Waals surface area (Å²) in [7, 11) is 0. The van der Waals surface area contributed by atoms with Crippen molar-refractivity contribution >= 4 is 11.0 Å². The molecule has 0 amide bonds. The Morgan fingerprint density at radius 2 is 1.93 bits per heavy atom. The molecule has 0 unspecified atom stereocenters. The Morgan fingerprint density at radius 3 is 2.64 bits per heavy atom. The van der Waals surface area contributed by atoms with Gasteiger partial charge < -0.3 is 4.98 Å². The number of aromatic nitrogens is 3. The molecular formula is C9H9N3O2. The molecule has 2 aromatic rings. The minimum absolute atomic E-state index is 0.271. The lowest BCUT2D eigenvalue weighted by Crippen LogP contribution is -2.22. The topological polar surface area (TPSA) is 78.6 Å². The van der Waals surface area contributed by atoms with Gasteiger partial charge in [-0.3, -0.25) is 9.78 Å². The normalized spacial score (nSPS) is 10.7. The van der Waals surface area contributed by atoms with E-state index in [9.17, 15) is 9.59 Å². The molecule has 0 radical (unpaired) electrons. The van der Waals surface area contributed by atoms with Gasteiger partial charge in [0.2, 0.25) is 0 Å². The fourth-order valence-electron chi connectivity index (χ4n) is 1.29. The summed E-state index contributed by atoms with van der Waals surface area (Å²) >= 11 is 0. The van der Waals surface area contributed by atoms with E-state index in [1.54, 1.807) is 6.07 Å². The van der Waals surface area contributed by atoms with Gasteiger partial charge in [0.25, 0.3) is 5.56 Å². The average Bonchev–Trinajstić information content (AvgIpc) is 2.08. The van der Waals surface area contributed by atoms with E-state index in [-0.39, 0.29) is 5.52 Å². The smallest absolute Gasteiger partial charge is 0.305 e. The number of fused-ring (bicyclic) bond motifs is 1. The van der Waals surface area contributed by atoms with Gasteiger partial charge in [-0.25, -0.2) is 9.78 Å². The van der Waals surface area contributed by atoms with Crippen LogP contribution >= 0.6 is 0 Å². The quantitative estimate of drug-likeness (QED) is 0.625. The van der Waals surface area contributed by atoms with Crippen molar-refractivity contribution in [2.75, 3.05) is 0 Å². The zero-order valence-corrected chi connectivity index (χ0v) is 7.84. The molecule has 5 heteroatoms. The number of rotatable bonds is 0. The lowest BCUT2D eigenvalue weighted by Gasteiger charge is -2.00. The van der Waals surface area contributed by atoms with Crippen LogP contribution in [-0.4, -0.2) is 15.0 Å². The molecule has 0 fully saturated rings. The molecule has 0 spiro atoms. The number of H-pyrrole nitrogens is 2. The minimum Gasteiger partial charge on any atom is -0.305 e. The van der Waals surface area contributed by atoms with Gasteiger partial charge in [-0.1, -0.05) is 0 Å². The van der Waals surface area contributed by atoms with Crippen molar-refractivity contribution in [3.8, 4) is 0 Å². The lowest BCUT2D eigenvalue weighted by molar-refractivity contribution is 1.05. The molecule has 2 rings (SSSR count). The molecule has 0 aliphatic rings. The third-order valence-corrected chi connectivity index (χ3v) is 2.16. The summed E-state index contributed by atoms with van der Waals surface area (Å²) in [6.45, 7) is 3.70. The molecule has 2 aromatic heterocycles. The molecule has 0 aliphatic heterocycles. The van der Waals surface area contributed by atoms with Crippen LogP contribution in [0.25, 0.3) is 11.0 Å². The Morgan fingerprint density at radius 1 is 1.21 bits per heavy atom. The summed E-state index contributed by atoms with van der Waals surface area (Å²) in [6.07, 6.45) is 0. The van der Waals surface area contributed by atoms with E-state index >= 15 is 0 Å². The van der Waals surface area contributed by atoms with Crippen molar-refractivity contribution in [2.24, 2.45) is 0 Å². The molecule has 0 atom stereocenters. The number of hydrogen-bond acceptors (Lipinski definition) is 3. The van der Waals surface area contributed by atoms with E-state index in [2.05, 4.69) is 15.0 Å². The van der Waals surface area contributed by atoms with Crippen molar-refractivity contribution in [1.29, 1.82) is 0 Å². The highest BCUT2D eigenvalue weighted by Gasteiger charge is 2.03. The zero-order chi connectivity index (χ0) is 10.3. The van der Waals surface area contributed by atoms with Gasteiger partial charge >= 0.3 is 5.69 Å². The van der Waals surface area contributed by atoms with E-state index < -0.39 is 11.2 Å². The Labute approximate surface area is 78.8 Å². The maximum Gasteiger partial charge on any atom is 0.326 e. The Kier molecular flexibility index (Phi) is 1.73. The summed E-state index contributed by atoms with van der Waals surface area (Å²) in [6, 6.07) is 1.74. The molecule has 5 nitrogen and oxygen atoms in total. The van der Waals surface area contributed by atoms with E-state index in [1.165, 1.54) is 0 Å². The molecule has 0 aliphatic carbocycles. The molecule has 0 saturated heterocycles. The van der Waals surface area contributed by atoms with Gasteiger partial charge in [0.15, 0.2) is 5.52 Å². The lowest BCUT2D eigenvalue weighted by atomic mass is 10.2. The Balaban J connectivity index is 3.03. The largest absolute Gasteiger partial charge is 0.326 e. The van der Waals surface area contributed by atoms with Crippen LogP contribution < -0.4 is 11.2 Å². The average molecular weight is 191 g/mol. The number of aromatic amines is 2. The van der Waals surface area contributed by atoms with E-state index in [4.69, 9.17) is 0 Å². The number of aryl methyl sites for hydroxylation is 2. The molecule has 0 bridgehead atoms. The van der Waals surface area contributed by atoms with Crippen LogP contribution in [0.1, 0.15) is 11.3 Å². The molecule has 14 heavy (non-hydrogen) atoms. The number of pyridine rings is 1. The first-order valence-corrected chi connectivity index (χ1v) is 4.18. The van der Waals surface area contributed by atoms with Crippen LogP contribution in [0.15, 0.2) is 15.7 Å². The molecule has 72 valence electrons. The van der Waals surface area contributed by atoms with Crippen LogP contribution in [-0.2, 0) is 0 Å². The minimum atomic E-state index is -0.507. The highest BCUT2D eigenvalue weighted by molar-refractivity contribution is 5.73. The zero-order valence-electron chi connectivity index (χ0n) is 7.84. The fraction of sp³-hybridized carbons (Fsp3) is 0.222. The van der Waals surface area contributed by atoms with Gasteiger partial charge in [-0.05, 0) is 25.5 Å². The van der Waals surface area contributed by atoms with Crippen LogP contribution in [0, 0.1) is 13.8 Å². The maximum absolute atomic E-state index is 11.3. The summed E-state index contributed by atoms with van der Waals surface area (Å²) in [5.41, 5.74) is 1.52. The highest BCUT2D eigenvalue weighted by atomic mass is 16.2. The summed E-state index contributed by atoms with van der Waals surface area (Å²) in [5.74, 6) is 0. The van der Waals surface area contributed by atoms with Crippen molar-refractivity contribution in [3.63, 3.8) is 0 Å². The molecule has 0 aromatic carbocycles. The van der Waals surface area contributed by atoms with Crippen LogP contribution in [0.3, 0.4) is 0 Å². The van der Waals surface area contributed by atoms with Gasteiger partial charge in [-0.15, -0.1) is 0 Å². The van der Waals surface area contributed by atoms with Crippen molar-refractivity contribution in [2.45, 2.75) is 13.8 Å². The van der Waals surface area contributed by atoms with Crippen molar-refractivity contribution in [1.82, 2.24) is 15.0 Å². The molecule has 2 heterocycles. The second-order valence-electron chi connectivity index (χ2n) is 3.20. The Hall–Kier alpha value is -1.91. The first-order valence-electron chi connectivity index (χ1n) is 4.18. The number of nitrogens with zero attached hydrogens (tertiary/aromatic N) is 1. The van der Waals surface area contributed by atoms with Crippen LogP contribution in [0.2, 0.25) is 0 Å². The SMILES string of the molecule is Cc1cc2[nH]c(=O)[nH]c(=O)c2nc1C. The first kappa shape index (κ1) is 8.68. The van der Waals surface area contributed by atoms with Gasteiger partial charge in [0, 0.05) is 5.69 Å². The van der Waals surface area contributed by atoms with Crippen LogP contribution in [0.4, 0.5) is 0 Å². The maximum atomic E-state index is 11.3. The summed E-state index contributed by atoms with van der Waals surface area (Å²) < 4.78 is 0. The Bertz CT molecular complexity index is 609. The third-order valence-electron chi connectivity index (χ3n) is 2.16. The number of hydrogen-bond donors (Lipinski definition) is 2.